The lowest BCUT2D eigenvalue weighted by molar-refractivity contribution is 0.0763. The first-order valence-corrected chi connectivity index (χ1v) is 10.3. The highest BCUT2D eigenvalue weighted by atomic mass is 16.2. The van der Waals surface area contributed by atoms with Gasteiger partial charge in [-0.05, 0) is 37.6 Å². The molecule has 1 fully saturated rings. The molecule has 1 aliphatic heterocycles. The third-order valence-corrected chi connectivity index (χ3v) is 5.82. The zero-order valence-electron chi connectivity index (χ0n) is 17.2. The van der Waals surface area contributed by atoms with Crippen molar-refractivity contribution in [2.24, 2.45) is 0 Å². The molecule has 2 amide bonds. The number of likely N-dealkylation sites (tertiary alicyclic amines) is 1. The first-order chi connectivity index (χ1) is 15.0. The van der Waals surface area contributed by atoms with Crippen LogP contribution < -0.4 is 5.32 Å². The van der Waals surface area contributed by atoms with Gasteiger partial charge in [0.25, 0.3) is 11.8 Å². The minimum atomic E-state index is -0.517. The molecule has 1 aliphatic rings. The molecule has 0 bridgehead atoms. The Kier molecular flexibility index (Phi) is 4.62. The summed E-state index contributed by atoms with van der Waals surface area (Å²) >= 11 is 0. The lowest BCUT2D eigenvalue weighted by Crippen LogP contribution is -2.48. The number of carbonyl (C=O) groups excluding carboxylic acids is 2. The molecule has 0 radical (unpaired) electrons. The molecule has 0 spiro atoms. The number of para-hydroxylation sites is 2. The van der Waals surface area contributed by atoms with Crippen molar-refractivity contribution in [2.75, 3.05) is 13.1 Å². The second kappa shape index (κ2) is 7.47. The third kappa shape index (κ3) is 3.72. The zero-order chi connectivity index (χ0) is 21.4. The van der Waals surface area contributed by atoms with Crippen molar-refractivity contribution in [2.45, 2.75) is 18.9 Å². The highest BCUT2D eigenvalue weighted by Gasteiger charge is 2.38. The van der Waals surface area contributed by atoms with Crippen LogP contribution in [0, 0.1) is 0 Å². The Morgan fingerprint density at radius 1 is 0.839 bits per heavy atom. The topological polar surface area (TPSA) is 75.2 Å². The normalized spacial score (nSPS) is 18.4. The molecular weight excluding hydrogens is 388 g/mol. The molecule has 5 rings (SSSR count). The van der Waals surface area contributed by atoms with Gasteiger partial charge in [0.1, 0.15) is 11.4 Å². The predicted octanol–water partition coefficient (Wildman–Crippen LogP) is 3.82. The smallest absolute Gasteiger partial charge is 0.272 e. The Balaban J connectivity index is 1.30. The van der Waals surface area contributed by atoms with Gasteiger partial charge < -0.3 is 10.2 Å². The van der Waals surface area contributed by atoms with Crippen LogP contribution >= 0.6 is 0 Å². The number of pyridine rings is 2. The van der Waals surface area contributed by atoms with Crippen molar-refractivity contribution < 1.29 is 9.59 Å². The lowest BCUT2D eigenvalue weighted by atomic mass is 10.0. The zero-order valence-corrected chi connectivity index (χ0v) is 17.2. The van der Waals surface area contributed by atoms with Crippen LogP contribution in [0.15, 0.2) is 72.8 Å². The number of nitrogens with zero attached hydrogens (tertiary/aromatic N) is 3. The van der Waals surface area contributed by atoms with E-state index in [0.29, 0.717) is 30.9 Å². The fourth-order valence-electron chi connectivity index (χ4n) is 4.11. The summed E-state index contributed by atoms with van der Waals surface area (Å²) in [6.45, 7) is 2.96. The van der Waals surface area contributed by atoms with E-state index in [1.54, 1.807) is 17.0 Å². The number of nitrogens with one attached hydrogen (secondary N) is 1. The van der Waals surface area contributed by atoms with Crippen LogP contribution in [-0.2, 0) is 0 Å². The van der Waals surface area contributed by atoms with Gasteiger partial charge in [0.2, 0.25) is 0 Å². The molecule has 6 heteroatoms. The van der Waals surface area contributed by atoms with Crippen molar-refractivity contribution in [3.05, 3.63) is 84.2 Å². The monoisotopic (exact) mass is 410 g/mol. The molecule has 4 aromatic rings. The van der Waals surface area contributed by atoms with Gasteiger partial charge in [-0.25, -0.2) is 9.97 Å². The SMILES string of the molecule is CC1(NC(=O)c2ccc3ccccc3n2)CCN(C(=O)c2ccc3ccccc3n2)C1. The number of aromatic nitrogens is 2. The van der Waals surface area contributed by atoms with E-state index >= 15 is 0 Å². The van der Waals surface area contributed by atoms with Gasteiger partial charge in [-0.3, -0.25) is 9.59 Å². The van der Waals surface area contributed by atoms with Gasteiger partial charge >= 0.3 is 0 Å². The number of benzene rings is 2. The lowest BCUT2D eigenvalue weighted by Gasteiger charge is -2.26. The Labute approximate surface area is 179 Å². The molecule has 2 aromatic heterocycles. The van der Waals surface area contributed by atoms with Gasteiger partial charge in [-0.1, -0.05) is 48.5 Å². The van der Waals surface area contributed by atoms with E-state index in [0.717, 1.165) is 21.8 Å². The number of hydrogen-bond acceptors (Lipinski definition) is 4. The van der Waals surface area contributed by atoms with E-state index < -0.39 is 5.54 Å². The van der Waals surface area contributed by atoms with Crippen LogP contribution in [0.5, 0.6) is 0 Å². The van der Waals surface area contributed by atoms with Crippen LogP contribution in [0.1, 0.15) is 34.3 Å². The number of carbonyl (C=O) groups is 2. The van der Waals surface area contributed by atoms with Crippen molar-refractivity contribution in [1.82, 2.24) is 20.2 Å². The van der Waals surface area contributed by atoms with Crippen molar-refractivity contribution in [3.63, 3.8) is 0 Å². The molecule has 3 heterocycles. The summed E-state index contributed by atoms with van der Waals surface area (Å²) in [5, 5.41) is 5.08. The fourth-order valence-corrected chi connectivity index (χ4v) is 4.11. The summed E-state index contributed by atoms with van der Waals surface area (Å²) in [5.74, 6) is -0.348. The van der Waals surface area contributed by atoms with Crippen LogP contribution in [0.2, 0.25) is 0 Å². The maximum atomic E-state index is 13.0. The molecule has 154 valence electrons. The quantitative estimate of drug-likeness (QED) is 0.557. The molecular formula is C25H22N4O2. The molecule has 6 nitrogen and oxygen atoms in total. The Hall–Kier alpha value is -3.80. The molecule has 31 heavy (non-hydrogen) atoms. The Morgan fingerprint density at radius 2 is 1.42 bits per heavy atom. The standard InChI is InChI=1S/C25H22N4O2/c1-25(28-23(30)21-12-10-17-6-2-4-8-19(17)26-21)14-15-29(16-25)24(31)22-13-11-18-7-3-5-9-20(18)27-22/h2-13H,14-16H2,1H3,(H,28,30). The van der Waals surface area contributed by atoms with E-state index in [-0.39, 0.29) is 11.8 Å². The summed E-state index contributed by atoms with van der Waals surface area (Å²) in [6, 6.07) is 22.7. The fraction of sp³-hybridized carbons (Fsp3) is 0.200. The number of hydrogen-bond donors (Lipinski definition) is 1. The molecule has 2 aromatic carbocycles. The number of fused-ring (bicyclic) bond motifs is 2. The van der Waals surface area contributed by atoms with Gasteiger partial charge in [0.15, 0.2) is 0 Å². The van der Waals surface area contributed by atoms with Crippen molar-refractivity contribution in [3.8, 4) is 0 Å². The highest BCUT2D eigenvalue weighted by Crippen LogP contribution is 2.24. The van der Waals surface area contributed by atoms with Gasteiger partial charge in [0.05, 0.1) is 16.6 Å². The summed E-state index contributed by atoms with van der Waals surface area (Å²) in [4.78, 5) is 36.6. The first kappa shape index (κ1) is 19.2. The highest BCUT2D eigenvalue weighted by molar-refractivity contribution is 5.96. The van der Waals surface area contributed by atoms with Gasteiger partial charge in [0, 0.05) is 23.9 Å². The average molecular weight is 410 g/mol. The van der Waals surface area contributed by atoms with Crippen molar-refractivity contribution in [1.29, 1.82) is 0 Å². The maximum absolute atomic E-state index is 13.0. The predicted molar refractivity (Wildman–Crippen MR) is 120 cm³/mol. The number of rotatable bonds is 3. The third-order valence-electron chi connectivity index (χ3n) is 5.82. The average Bonchev–Trinajstić information content (AvgIpc) is 3.19. The molecule has 0 saturated carbocycles. The summed E-state index contributed by atoms with van der Waals surface area (Å²) < 4.78 is 0. The minimum absolute atomic E-state index is 0.118. The van der Waals surface area contributed by atoms with Crippen LogP contribution in [0.3, 0.4) is 0 Å². The summed E-state index contributed by atoms with van der Waals surface area (Å²) in [5.41, 5.74) is 1.86. The van der Waals surface area contributed by atoms with E-state index in [1.807, 2.05) is 67.6 Å². The summed E-state index contributed by atoms with van der Waals surface area (Å²) in [6.07, 6.45) is 0.672. The maximum Gasteiger partial charge on any atom is 0.272 e. The summed E-state index contributed by atoms with van der Waals surface area (Å²) in [7, 11) is 0. The Morgan fingerprint density at radius 3 is 2.10 bits per heavy atom. The van der Waals surface area contributed by atoms with E-state index in [1.165, 1.54) is 0 Å². The van der Waals surface area contributed by atoms with Crippen LogP contribution in [-0.4, -0.2) is 45.3 Å². The molecule has 1 saturated heterocycles. The van der Waals surface area contributed by atoms with Gasteiger partial charge in [-0.15, -0.1) is 0 Å². The van der Waals surface area contributed by atoms with E-state index in [9.17, 15) is 9.59 Å². The number of amides is 2. The second-order valence-corrected chi connectivity index (χ2v) is 8.27. The molecule has 1 atom stereocenters. The Bertz CT molecular complexity index is 1320. The minimum Gasteiger partial charge on any atom is -0.344 e. The van der Waals surface area contributed by atoms with Crippen molar-refractivity contribution >= 4 is 33.6 Å². The second-order valence-electron chi connectivity index (χ2n) is 8.27. The molecule has 1 unspecified atom stereocenters. The largest absolute Gasteiger partial charge is 0.344 e. The van der Waals surface area contributed by atoms with Crippen LogP contribution in [0.4, 0.5) is 0 Å². The first-order valence-electron chi connectivity index (χ1n) is 10.3. The molecule has 1 N–H and O–H groups in total. The molecule has 0 aliphatic carbocycles. The van der Waals surface area contributed by atoms with Crippen LogP contribution in [0.25, 0.3) is 21.8 Å². The van der Waals surface area contributed by atoms with E-state index in [4.69, 9.17) is 0 Å². The van der Waals surface area contributed by atoms with E-state index in [2.05, 4.69) is 15.3 Å². The van der Waals surface area contributed by atoms with Gasteiger partial charge in [-0.2, -0.15) is 0 Å².